The molecular formula is C15H15FN4O2S. The largest absolute Gasteiger partial charge is 0.349 e. The summed E-state index contributed by atoms with van der Waals surface area (Å²) in [5.74, 6) is -0.637. The number of halogens is 1. The SMILES string of the molecule is O=C(Nc1ccc(F)cc1)c1nnc(CNC(=O)C2CCC2)s1. The summed E-state index contributed by atoms with van der Waals surface area (Å²) in [5, 5.41) is 13.9. The van der Waals surface area contributed by atoms with Crippen molar-refractivity contribution in [3.05, 3.63) is 40.1 Å². The van der Waals surface area contributed by atoms with Crippen LogP contribution in [0.3, 0.4) is 0 Å². The second-order valence-corrected chi connectivity index (χ2v) is 6.37. The highest BCUT2D eigenvalue weighted by molar-refractivity contribution is 7.13. The molecule has 1 aliphatic rings. The van der Waals surface area contributed by atoms with E-state index in [0.29, 0.717) is 10.7 Å². The summed E-state index contributed by atoms with van der Waals surface area (Å²) in [6, 6.07) is 5.45. The Bertz CT molecular complexity index is 713. The zero-order valence-electron chi connectivity index (χ0n) is 12.2. The van der Waals surface area contributed by atoms with Crippen LogP contribution in [-0.2, 0) is 11.3 Å². The predicted molar refractivity (Wildman–Crippen MR) is 83.4 cm³/mol. The average molecular weight is 334 g/mol. The lowest BCUT2D eigenvalue weighted by atomic mass is 9.85. The van der Waals surface area contributed by atoms with Gasteiger partial charge in [-0.15, -0.1) is 10.2 Å². The normalized spacial score (nSPS) is 14.1. The molecule has 1 aromatic heterocycles. The van der Waals surface area contributed by atoms with Gasteiger partial charge >= 0.3 is 0 Å². The highest BCUT2D eigenvalue weighted by Gasteiger charge is 2.25. The molecule has 23 heavy (non-hydrogen) atoms. The quantitative estimate of drug-likeness (QED) is 0.879. The summed E-state index contributed by atoms with van der Waals surface area (Å²) in [5.41, 5.74) is 0.478. The summed E-state index contributed by atoms with van der Waals surface area (Å²) in [4.78, 5) is 23.8. The van der Waals surface area contributed by atoms with E-state index in [0.717, 1.165) is 30.6 Å². The molecule has 0 spiro atoms. The molecule has 2 N–H and O–H groups in total. The van der Waals surface area contributed by atoms with Gasteiger partial charge in [-0.3, -0.25) is 9.59 Å². The molecule has 1 heterocycles. The van der Waals surface area contributed by atoms with Gasteiger partial charge in [-0.25, -0.2) is 4.39 Å². The van der Waals surface area contributed by atoms with Crippen molar-refractivity contribution in [2.45, 2.75) is 25.8 Å². The lowest BCUT2D eigenvalue weighted by Crippen LogP contribution is -2.33. The molecule has 1 aromatic carbocycles. The maximum absolute atomic E-state index is 12.8. The number of carbonyl (C=O) groups excluding carboxylic acids is 2. The summed E-state index contributed by atoms with van der Waals surface area (Å²) in [7, 11) is 0. The molecule has 3 rings (SSSR count). The first-order valence-electron chi connectivity index (χ1n) is 7.29. The third-order valence-corrected chi connectivity index (χ3v) is 4.57. The number of rotatable bonds is 5. The second kappa shape index (κ2) is 6.82. The number of amides is 2. The minimum atomic E-state index is -0.411. The van der Waals surface area contributed by atoms with Gasteiger partial charge in [0, 0.05) is 11.6 Å². The summed E-state index contributed by atoms with van der Waals surface area (Å²) in [6.45, 7) is 0.275. The lowest BCUT2D eigenvalue weighted by Gasteiger charge is -2.23. The number of nitrogens with zero attached hydrogens (tertiary/aromatic N) is 2. The van der Waals surface area contributed by atoms with Gasteiger partial charge in [0.2, 0.25) is 10.9 Å². The number of aromatic nitrogens is 2. The van der Waals surface area contributed by atoms with Crippen molar-refractivity contribution in [3.63, 3.8) is 0 Å². The van der Waals surface area contributed by atoms with Crippen molar-refractivity contribution in [1.29, 1.82) is 0 Å². The van der Waals surface area contributed by atoms with E-state index < -0.39 is 5.91 Å². The first-order valence-corrected chi connectivity index (χ1v) is 8.10. The first kappa shape index (κ1) is 15.5. The monoisotopic (exact) mass is 334 g/mol. The van der Waals surface area contributed by atoms with Crippen LogP contribution >= 0.6 is 11.3 Å². The van der Waals surface area contributed by atoms with Crippen molar-refractivity contribution in [2.24, 2.45) is 5.92 Å². The maximum Gasteiger partial charge on any atom is 0.286 e. The summed E-state index contributed by atoms with van der Waals surface area (Å²) in [6.07, 6.45) is 2.98. The van der Waals surface area contributed by atoms with Crippen LogP contribution in [-0.4, -0.2) is 22.0 Å². The zero-order chi connectivity index (χ0) is 16.2. The third kappa shape index (κ3) is 3.89. The predicted octanol–water partition coefficient (Wildman–Crippen LogP) is 2.35. The number of carbonyl (C=O) groups is 2. The molecule has 1 fully saturated rings. The minimum absolute atomic E-state index is 0.0313. The van der Waals surface area contributed by atoms with Crippen LogP contribution in [0.4, 0.5) is 10.1 Å². The third-order valence-electron chi connectivity index (χ3n) is 3.65. The average Bonchev–Trinajstić information content (AvgIpc) is 2.95. The highest BCUT2D eigenvalue weighted by Crippen LogP contribution is 2.26. The molecule has 1 saturated carbocycles. The fourth-order valence-corrected chi connectivity index (χ4v) is 2.79. The van der Waals surface area contributed by atoms with E-state index in [4.69, 9.17) is 0 Å². The van der Waals surface area contributed by atoms with E-state index in [9.17, 15) is 14.0 Å². The molecule has 120 valence electrons. The standard InChI is InChI=1S/C15H15FN4O2S/c16-10-4-6-11(7-5-10)18-14(22)15-20-19-12(23-15)8-17-13(21)9-2-1-3-9/h4-7,9H,1-3,8H2,(H,17,21)(H,18,22). The van der Waals surface area contributed by atoms with Gasteiger partial charge in [-0.2, -0.15) is 0 Å². The molecule has 2 aromatic rings. The van der Waals surface area contributed by atoms with Gasteiger partial charge in [-0.05, 0) is 37.1 Å². The topological polar surface area (TPSA) is 84.0 Å². The first-order chi connectivity index (χ1) is 11.1. The van der Waals surface area contributed by atoms with E-state index >= 15 is 0 Å². The van der Waals surface area contributed by atoms with Crippen molar-refractivity contribution in [3.8, 4) is 0 Å². The number of benzene rings is 1. The van der Waals surface area contributed by atoms with Crippen molar-refractivity contribution < 1.29 is 14.0 Å². The molecule has 0 saturated heterocycles. The number of hydrogen-bond donors (Lipinski definition) is 2. The van der Waals surface area contributed by atoms with Gasteiger partial charge in [0.05, 0.1) is 6.54 Å². The zero-order valence-corrected chi connectivity index (χ0v) is 13.0. The Labute approximate surface area is 136 Å². The van der Waals surface area contributed by atoms with E-state index in [1.807, 2.05) is 0 Å². The Hall–Kier alpha value is -2.35. The smallest absolute Gasteiger partial charge is 0.286 e. The van der Waals surface area contributed by atoms with Crippen LogP contribution in [0.15, 0.2) is 24.3 Å². The molecule has 0 bridgehead atoms. The molecule has 6 nitrogen and oxygen atoms in total. The van der Waals surface area contributed by atoms with Gasteiger partial charge < -0.3 is 10.6 Å². The Balaban J connectivity index is 1.54. The van der Waals surface area contributed by atoms with Crippen LogP contribution in [0.1, 0.15) is 34.1 Å². The Morgan fingerprint density at radius 1 is 1.22 bits per heavy atom. The summed E-state index contributed by atoms with van der Waals surface area (Å²) >= 11 is 1.12. The van der Waals surface area contributed by atoms with Crippen LogP contribution < -0.4 is 10.6 Å². The summed E-state index contributed by atoms with van der Waals surface area (Å²) < 4.78 is 12.8. The molecule has 0 unspecified atom stereocenters. The number of nitrogens with one attached hydrogen (secondary N) is 2. The molecule has 2 amide bonds. The minimum Gasteiger partial charge on any atom is -0.349 e. The molecule has 1 aliphatic carbocycles. The van der Waals surface area contributed by atoms with Crippen LogP contribution in [0, 0.1) is 11.7 Å². The van der Waals surface area contributed by atoms with E-state index in [-0.39, 0.29) is 29.2 Å². The molecule has 0 aliphatic heterocycles. The van der Waals surface area contributed by atoms with Gasteiger partial charge in [0.25, 0.3) is 5.91 Å². The van der Waals surface area contributed by atoms with Gasteiger partial charge in [0.1, 0.15) is 10.8 Å². The molecule has 0 radical (unpaired) electrons. The van der Waals surface area contributed by atoms with Crippen LogP contribution in [0.5, 0.6) is 0 Å². The van der Waals surface area contributed by atoms with Crippen molar-refractivity contribution >= 4 is 28.8 Å². The van der Waals surface area contributed by atoms with Crippen LogP contribution in [0.25, 0.3) is 0 Å². The Morgan fingerprint density at radius 2 is 1.96 bits per heavy atom. The fourth-order valence-electron chi connectivity index (χ4n) is 2.11. The Morgan fingerprint density at radius 3 is 2.61 bits per heavy atom. The van der Waals surface area contributed by atoms with Gasteiger partial charge in [0.15, 0.2) is 0 Å². The maximum atomic E-state index is 12.8. The highest BCUT2D eigenvalue weighted by atomic mass is 32.1. The van der Waals surface area contributed by atoms with E-state index in [1.54, 1.807) is 0 Å². The number of anilines is 1. The van der Waals surface area contributed by atoms with Crippen LogP contribution in [0.2, 0.25) is 0 Å². The van der Waals surface area contributed by atoms with Gasteiger partial charge in [-0.1, -0.05) is 17.8 Å². The fraction of sp³-hybridized carbons (Fsp3) is 0.333. The van der Waals surface area contributed by atoms with E-state index in [2.05, 4.69) is 20.8 Å². The molecular weight excluding hydrogens is 319 g/mol. The van der Waals surface area contributed by atoms with Crippen molar-refractivity contribution in [2.75, 3.05) is 5.32 Å². The number of hydrogen-bond acceptors (Lipinski definition) is 5. The van der Waals surface area contributed by atoms with E-state index in [1.165, 1.54) is 24.3 Å². The molecule has 8 heteroatoms. The Kier molecular flexibility index (Phi) is 4.61. The van der Waals surface area contributed by atoms with Crippen molar-refractivity contribution in [1.82, 2.24) is 15.5 Å². The molecule has 0 atom stereocenters. The lowest BCUT2D eigenvalue weighted by molar-refractivity contribution is -0.127. The second-order valence-electron chi connectivity index (χ2n) is 5.31.